The highest BCUT2D eigenvalue weighted by Gasteiger charge is 2.08. The molecule has 1 unspecified atom stereocenters. The number of hydrogen-bond donors (Lipinski definition) is 1. The minimum atomic E-state index is -0.259. The Balaban J connectivity index is 2.80. The monoisotopic (exact) mass is 219 g/mol. The number of rotatable bonds is 6. The molecule has 0 heterocycles. The molecule has 4 heteroatoms. The molecule has 0 saturated heterocycles. The van der Waals surface area contributed by atoms with E-state index in [1.54, 1.807) is 0 Å². The lowest BCUT2D eigenvalue weighted by Gasteiger charge is -2.10. The van der Waals surface area contributed by atoms with Crippen molar-refractivity contribution >= 4 is 0 Å². The maximum atomic E-state index is 8.88. The van der Waals surface area contributed by atoms with Crippen LogP contribution in [0.15, 0.2) is 29.4 Å². The van der Waals surface area contributed by atoms with Gasteiger partial charge in [-0.05, 0) is 29.5 Å². The number of aliphatic hydroxyl groups excluding tert-OH is 1. The molecule has 0 aliphatic carbocycles. The van der Waals surface area contributed by atoms with Gasteiger partial charge in [0.05, 0.1) is 6.04 Å². The summed E-state index contributed by atoms with van der Waals surface area (Å²) in [6, 6.07) is 7.79. The summed E-state index contributed by atoms with van der Waals surface area (Å²) < 4.78 is 0. The third-order valence-corrected chi connectivity index (χ3v) is 2.50. The van der Waals surface area contributed by atoms with E-state index in [9.17, 15) is 0 Å². The van der Waals surface area contributed by atoms with E-state index in [-0.39, 0.29) is 12.6 Å². The zero-order valence-electron chi connectivity index (χ0n) is 9.50. The Bertz CT molecular complexity index is 355. The van der Waals surface area contributed by atoms with E-state index in [0.717, 1.165) is 18.4 Å². The second kappa shape index (κ2) is 6.88. The van der Waals surface area contributed by atoms with Gasteiger partial charge in [-0.25, -0.2) is 0 Å². The normalized spacial score (nSPS) is 11.9. The van der Waals surface area contributed by atoms with Crippen LogP contribution in [-0.2, 0) is 6.42 Å². The average Bonchev–Trinajstić information content (AvgIpc) is 2.30. The third-order valence-electron chi connectivity index (χ3n) is 2.50. The molecule has 16 heavy (non-hydrogen) atoms. The van der Waals surface area contributed by atoms with Crippen LogP contribution in [0.3, 0.4) is 0 Å². The molecule has 86 valence electrons. The van der Waals surface area contributed by atoms with Crippen LogP contribution >= 0.6 is 0 Å². The molecule has 0 amide bonds. The molecule has 0 aliphatic heterocycles. The van der Waals surface area contributed by atoms with E-state index in [1.807, 2.05) is 12.1 Å². The van der Waals surface area contributed by atoms with Crippen LogP contribution in [0.5, 0.6) is 0 Å². The Morgan fingerprint density at radius 2 is 2.06 bits per heavy atom. The van der Waals surface area contributed by atoms with E-state index in [1.165, 1.54) is 5.56 Å². The van der Waals surface area contributed by atoms with Crippen LogP contribution in [0.1, 0.15) is 36.9 Å². The van der Waals surface area contributed by atoms with E-state index < -0.39 is 0 Å². The Kier molecular flexibility index (Phi) is 5.40. The maximum Gasteiger partial charge on any atom is 0.0647 e. The molecule has 0 saturated carbocycles. The molecule has 1 atom stereocenters. The number of aryl methyl sites for hydroxylation is 1. The zero-order valence-corrected chi connectivity index (χ0v) is 9.50. The fourth-order valence-electron chi connectivity index (χ4n) is 1.67. The number of benzene rings is 1. The van der Waals surface area contributed by atoms with E-state index in [0.29, 0.717) is 6.42 Å². The first kappa shape index (κ1) is 12.6. The van der Waals surface area contributed by atoms with Gasteiger partial charge in [-0.2, -0.15) is 0 Å². The lowest BCUT2D eigenvalue weighted by Crippen LogP contribution is -1.98. The Hall–Kier alpha value is -1.51. The predicted octanol–water partition coefficient (Wildman–Crippen LogP) is 3.37. The quantitative estimate of drug-likeness (QED) is 0.444. The molecule has 0 aliphatic rings. The summed E-state index contributed by atoms with van der Waals surface area (Å²) in [6.07, 6.45) is 2.65. The number of nitrogens with zero attached hydrogens (tertiary/aromatic N) is 3. The molecule has 1 rings (SSSR count). The van der Waals surface area contributed by atoms with E-state index in [4.69, 9.17) is 10.6 Å². The second-order valence-electron chi connectivity index (χ2n) is 3.72. The van der Waals surface area contributed by atoms with Gasteiger partial charge >= 0.3 is 0 Å². The standard InChI is InChI=1S/C12H17N3O/c1-2-3-10-4-6-11(7-5-10)12(8-9-16)14-15-13/h4-7,12,16H,2-3,8-9H2,1H3. The van der Waals surface area contributed by atoms with Crippen molar-refractivity contribution in [3.05, 3.63) is 45.8 Å². The van der Waals surface area contributed by atoms with Crippen LogP contribution in [0.25, 0.3) is 10.4 Å². The zero-order chi connectivity index (χ0) is 11.8. The van der Waals surface area contributed by atoms with Crippen LogP contribution < -0.4 is 0 Å². The van der Waals surface area contributed by atoms with Crippen LogP contribution in [0.4, 0.5) is 0 Å². The van der Waals surface area contributed by atoms with E-state index in [2.05, 4.69) is 29.1 Å². The molecule has 0 fully saturated rings. The van der Waals surface area contributed by atoms with Crippen molar-refractivity contribution in [3.8, 4) is 0 Å². The van der Waals surface area contributed by atoms with Gasteiger partial charge in [0.25, 0.3) is 0 Å². The van der Waals surface area contributed by atoms with Crippen molar-refractivity contribution in [3.63, 3.8) is 0 Å². The topological polar surface area (TPSA) is 69.0 Å². The van der Waals surface area contributed by atoms with Gasteiger partial charge in [-0.1, -0.05) is 42.7 Å². The van der Waals surface area contributed by atoms with Gasteiger partial charge in [0.2, 0.25) is 0 Å². The largest absolute Gasteiger partial charge is 0.396 e. The van der Waals surface area contributed by atoms with Crippen molar-refractivity contribution in [2.75, 3.05) is 6.61 Å². The van der Waals surface area contributed by atoms with Crippen molar-refractivity contribution in [2.45, 2.75) is 32.2 Å². The Labute approximate surface area is 95.5 Å². The van der Waals surface area contributed by atoms with Gasteiger partial charge in [0.15, 0.2) is 0 Å². The Morgan fingerprint density at radius 3 is 2.56 bits per heavy atom. The minimum Gasteiger partial charge on any atom is -0.396 e. The summed E-state index contributed by atoms with van der Waals surface area (Å²) in [6.45, 7) is 2.17. The van der Waals surface area contributed by atoms with Gasteiger partial charge in [0, 0.05) is 11.5 Å². The fraction of sp³-hybridized carbons (Fsp3) is 0.500. The molecule has 1 aromatic rings. The summed E-state index contributed by atoms with van der Waals surface area (Å²) in [5.41, 5.74) is 10.7. The van der Waals surface area contributed by atoms with E-state index >= 15 is 0 Å². The number of aliphatic hydroxyl groups is 1. The number of hydrogen-bond acceptors (Lipinski definition) is 2. The summed E-state index contributed by atoms with van der Waals surface area (Å²) in [4.78, 5) is 2.80. The van der Waals surface area contributed by atoms with Gasteiger partial charge in [-0.15, -0.1) is 0 Å². The van der Waals surface area contributed by atoms with Gasteiger partial charge in [-0.3, -0.25) is 0 Å². The lowest BCUT2D eigenvalue weighted by atomic mass is 10.0. The second-order valence-corrected chi connectivity index (χ2v) is 3.72. The summed E-state index contributed by atoms with van der Waals surface area (Å²) in [5, 5.41) is 12.6. The Morgan fingerprint density at radius 1 is 1.38 bits per heavy atom. The molecule has 1 aromatic carbocycles. The molecule has 0 spiro atoms. The highest BCUT2D eigenvalue weighted by molar-refractivity contribution is 5.25. The summed E-state index contributed by atoms with van der Waals surface area (Å²) in [5.74, 6) is 0. The predicted molar refractivity (Wildman–Crippen MR) is 64.0 cm³/mol. The van der Waals surface area contributed by atoms with Crippen molar-refractivity contribution < 1.29 is 5.11 Å². The maximum absolute atomic E-state index is 8.88. The summed E-state index contributed by atoms with van der Waals surface area (Å²) in [7, 11) is 0. The minimum absolute atomic E-state index is 0.0282. The molecule has 0 radical (unpaired) electrons. The first-order chi connectivity index (χ1) is 7.81. The van der Waals surface area contributed by atoms with Gasteiger partial charge < -0.3 is 5.11 Å². The van der Waals surface area contributed by atoms with Gasteiger partial charge in [0.1, 0.15) is 0 Å². The van der Waals surface area contributed by atoms with Crippen LogP contribution in [0, 0.1) is 0 Å². The van der Waals surface area contributed by atoms with Crippen LogP contribution in [0.2, 0.25) is 0 Å². The molecule has 4 nitrogen and oxygen atoms in total. The van der Waals surface area contributed by atoms with Crippen molar-refractivity contribution in [2.24, 2.45) is 5.11 Å². The lowest BCUT2D eigenvalue weighted by molar-refractivity contribution is 0.276. The molecule has 0 bridgehead atoms. The SMILES string of the molecule is CCCc1ccc(C(CCO)N=[N+]=[N-])cc1. The van der Waals surface area contributed by atoms with Crippen molar-refractivity contribution in [1.29, 1.82) is 0 Å². The highest BCUT2D eigenvalue weighted by atomic mass is 16.3. The average molecular weight is 219 g/mol. The summed E-state index contributed by atoms with van der Waals surface area (Å²) >= 11 is 0. The fourth-order valence-corrected chi connectivity index (χ4v) is 1.67. The first-order valence-electron chi connectivity index (χ1n) is 5.55. The molecular formula is C12H17N3O. The number of azide groups is 1. The highest BCUT2D eigenvalue weighted by Crippen LogP contribution is 2.21. The smallest absolute Gasteiger partial charge is 0.0647 e. The van der Waals surface area contributed by atoms with Crippen LogP contribution in [-0.4, -0.2) is 11.7 Å². The third kappa shape index (κ3) is 3.57. The first-order valence-corrected chi connectivity index (χ1v) is 5.55. The van der Waals surface area contributed by atoms with Crippen molar-refractivity contribution in [1.82, 2.24) is 0 Å². The molecule has 0 aromatic heterocycles. The molecular weight excluding hydrogens is 202 g/mol. The molecule has 1 N–H and O–H groups in total.